The molecule has 0 saturated heterocycles. The monoisotopic (exact) mass is 332 g/mol. The predicted octanol–water partition coefficient (Wildman–Crippen LogP) is -0.976. The Bertz CT molecular complexity index is 545. The van der Waals surface area contributed by atoms with Gasteiger partial charge in [-0.1, -0.05) is 62.4 Å². The molecule has 0 heterocycles. The molecule has 0 aromatic heterocycles. The van der Waals surface area contributed by atoms with Crippen LogP contribution < -0.4 is 27.9 Å². The average Bonchev–Trinajstić information content (AvgIpc) is 2.47. The van der Waals surface area contributed by atoms with Gasteiger partial charge in [0.2, 0.25) is 0 Å². The molecule has 2 aromatic carbocycles. The van der Waals surface area contributed by atoms with Crippen molar-refractivity contribution in [3.8, 4) is 0 Å². The van der Waals surface area contributed by atoms with Crippen molar-refractivity contribution in [2.24, 2.45) is 0 Å². The Hall–Kier alpha value is -0.314. The molecule has 0 aliphatic heterocycles. The molecule has 2 aromatic rings. The summed E-state index contributed by atoms with van der Waals surface area (Å²) >= 11 is 0. The Balaban J connectivity index is 0.00000200. The Morgan fingerprint density at radius 2 is 1.10 bits per heavy atom. The molecular weight excluding hydrogens is 315 g/mol. The zero-order valence-corrected chi connectivity index (χ0v) is 15.4. The molecule has 0 N–H and O–H groups in total. The van der Waals surface area contributed by atoms with Crippen LogP contribution in [0.3, 0.4) is 0 Å². The summed E-state index contributed by atoms with van der Waals surface area (Å²) < 4.78 is 12.5. The van der Waals surface area contributed by atoms with Gasteiger partial charge in [0.15, 0.2) is 0 Å². The maximum Gasteiger partial charge on any atom is 2.00 e. The Morgan fingerprint density at radius 1 is 0.810 bits per heavy atom. The fourth-order valence-electron chi connectivity index (χ4n) is 2.00. The summed E-state index contributed by atoms with van der Waals surface area (Å²) in [7, 11) is -3.71. The standard InChI is InChI=1S/C16H19O2P.ClH.Mg/c1-3-13-5-9-15(10-6-13)19(17,18)16-11-7-14(4-2)8-12-16;;/h5-12H,3-4H2,1-2H3,(H,17,18);1H;/q;;+2/p-2. The van der Waals surface area contributed by atoms with Gasteiger partial charge in [0.05, 0.1) is 7.37 Å². The Morgan fingerprint density at radius 3 is 1.33 bits per heavy atom. The van der Waals surface area contributed by atoms with Gasteiger partial charge in [0.1, 0.15) is 0 Å². The van der Waals surface area contributed by atoms with Gasteiger partial charge in [0.25, 0.3) is 0 Å². The minimum atomic E-state index is -3.71. The molecule has 0 unspecified atom stereocenters. The van der Waals surface area contributed by atoms with Crippen LogP contribution in [0, 0.1) is 0 Å². The minimum absolute atomic E-state index is 0. The van der Waals surface area contributed by atoms with Gasteiger partial charge in [-0.25, -0.2) is 0 Å². The predicted molar refractivity (Wildman–Crippen MR) is 84.3 cm³/mol. The van der Waals surface area contributed by atoms with E-state index in [1.54, 1.807) is 24.3 Å². The molecule has 2 nitrogen and oxygen atoms in total. The zero-order chi connectivity index (χ0) is 13.9. The molecule has 0 amide bonds. The van der Waals surface area contributed by atoms with Gasteiger partial charge in [-0.15, -0.1) is 0 Å². The summed E-state index contributed by atoms with van der Waals surface area (Å²) in [6.07, 6.45) is 1.82. The van der Waals surface area contributed by atoms with E-state index in [1.807, 2.05) is 24.3 Å². The average molecular weight is 333 g/mol. The van der Waals surface area contributed by atoms with Crippen molar-refractivity contribution in [2.75, 3.05) is 0 Å². The van der Waals surface area contributed by atoms with Crippen molar-refractivity contribution in [3.63, 3.8) is 0 Å². The number of hydrogen-bond acceptors (Lipinski definition) is 2. The third-order valence-electron chi connectivity index (χ3n) is 3.37. The number of rotatable bonds is 4. The van der Waals surface area contributed by atoms with Crippen LogP contribution in [0.4, 0.5) is 0 Å². The summed E-state index contributed by atoms with van der Waals surface area (Å²) in [5.41, 5.74) is 2.29. The van der Waals surface area contributed by atoms with Crippen LogP contribution in [0.1, 0.15) is 25.0 Å². The van der Waals surface area contributed by atoms with Crippen molar-refractivity contribution >= 4 is 41.0 Å². The van der Waals surface area contributed by atoms with Crippen molar-refractivity contribution in [2.45, 2.75) is 26.7 Å². The molecule has 5 heteroatoms. The van der Waals surface area contributed by atoms with E-state index in [0.29, 0.717) is 10.6 Å². The van der Waals surface area contributed by atoms with E-state index in [1.165, 1.54) is 0 Å². The van der Waals surface area contributed by atoms with Gasteiger partial charge in [-0.3, -0.25) is 0 Å². The molecule has 0 spiro atoms. The molecular formula is C16H18ClMgO2P. The van der Waals surface area contributed by atoms with Gasteiger partial charge in [0, 0.05) is 10.6 Å². The summed E-state index contributed by atoms with van der Waals surface area (Å²) in [4.78, 5) is 12.5. The summed E-state index contributed by atoms with van der Waals surface area (Å²) in [5.74, 6) is 0. The smallest absolute Gasteiger partial charge is 1.00 e. The van der Waals surface area contributed by atoms with E-state index >= 15 is 0 Å². The van der Waals surface area contributed by atoms with Crippen LogP contribution in [0.15, 0.2) is 48.5 Å². The van der Waals surface area contributed by atoms with Crippen molar-refractivity contribution in [1.82, 2.24) is 0 Å². The number of benzene rings is 2. The topological polar surface area (TPSA) is 40.1 Å². The van der Waals surface area contributed by atoms with E-state index < -0.39 is 7.37 Å². The van der Waals surface area contributed by atoms with E-state index in [0.717, 1.165) is 24.0 Å². The van der Waals surface area contributed by atoms with Crippen molar-refractivity contribution in [3.05, 3.63) is 59.7 Å². The van der Waals surface area contributed by atoms with Crippen LogP contribution in [-0.2, 0) is 17.4 Å². The van der Waals surface area contributed by atoms with Crippen molar-refractivity contribution in [1.29, 1.82) is 0 Å². The van der Waals surface area contributed by atoms with Gasteiger partial charge < -0.3 is 21.9 Å². The second-order valence-corrected chi connectivity index (χ2v) is 6.73. The summed E-state index contributed by atoms with van der Waals surface area (Å²) in [5, 5.41) is 0.767. The fraction of sp³-hybridized carbons (Fsp3) is 0.250. The normalized spacial score (nSPS) is 10.4. The molecule has 0 bridgehead atoms. The van der Waals surface area contributed by atoms with Crippen LogP contribution in [0.2, 0.25) is 0 Å². The molecule has 108 valence electrons. The van der Waals surface area contributed by atoms with E-state index in [2.05, 4.69) is 13.8 Å². The molecule has 21 heavy (non-hydrogen) atoms. The van der Waals surface area contributed by atoms with Crippen molar-refractivity contribution < 1.29 is 21.9 Å². The van der Waals surface area contributed by atoms with E-state index in [9.17, 15) is 9.46 Å². The second kappa shape index (κ2) is 8.97. The third-order valence-corrected chi connectivity index (χ3v) is 5.32. The molecule has 0 fully saturated rings. The van der Waals surface area contributed by atoms with Crippen LogP contribution in [-0.4, -0.2) is 23.1 Å². The first kappa shape index (κ1) is 20.7. The molecule has 0 aliphatic carbocycles. The van der Waals surface area contributed by atoms with E-state index in [4.69, 9.17) is 0 Å². The third kappa shape index (κ3) is 4.84. The molecule has 0 saturated carbocycles. The van der Waals surface area contributed by atoms with Crippen LogP contribution in [0.25, 0.3) is 0 Å². The maximum absolute atomic E-state index is 12.5. The van der Waals surface area contributed by atoms with Gasteiger partial charge in [-0.05, 0) is 24.0 Å². The first-order valence-electron chi connectivity index (χ1n) is 6.58. The van der Waals surface area contributed by atoms with Gasteiger partial charge in [-0.2, -0.15) is 0 Å². The summed E-state index contributed by atoms with van der Waals surface area (Å²) in [6, 6.07) is 14.3. The van der Waals surface area contributed by atoms with Crippen LogP contribution >= 0.6 is 7.37 Å². The zero-order valence-electron chi connectivity index (χ0n) is 12.4. The quantitative estimate of drug-likeness (QED) is 0.533. The number of halogens is 1. The SMILES string of the molecule is CCc1ccc(P(=O)([O-])c2ccc(CC)cc2)cc1.[Cl-].[Mg+2]. The van der Waals surface area contributed by atoms with Gasteiger partial charge >= 0.3 is 23.1 Å². The first-order chi connectivity index (χ1) is 9.07. The Labute approximate surface area is 149 Å². The fourth-order valence-corrected chi connectivity index (χ4v) is 3.39. The maximum atomic E-state index is 12.5. The Kier molecular flexibility index (Phi) is 8.83. The molecule has 2 rings (SSSR count). The number of aryl methyl sites for hydroxylation is 2. The van der Waals surface area contributed by atoms with Crippen LogP contribution in [0.5, 0.6) is 0 Å². The molecule has 0 radical (unpaired) electrons. The molecule has 0 atom stereocenters. The first-order valence-corrected chi connectivity index (χ1v) is 8.20. The molecule has 0 aliphatic rings. The summed E-state index contributed by atoms with van der Waals surface area (Å²) in [6.45, 7) is 4.10. The minimum Gasteiger partial charge on any atom is -1.00 e. The number of hydrogen-bond donors (Lipinski definition) is 0. The van der Waals surface area contributed by atoms with E-state index in [-0.39, 0.29) is 35.5 Å². The largest absolute Gasteiger partial charge is 2.00 e. The second-order valence-electron chi connectivity index (χ2n) is 4.59.